The molecule has 1 heteroatoms. The van der Waals surface area contributed by atoms with Crippen molar-refractivity contribution < 1.29 is 4.74 Å². The predicted octanol–water partition coefficient (Wildman–Crippen LogP) is 2.75. The molecular formula is C12H16O. The van der Waals surface area contributed by atoms with E-state index in [0.717, 1.165) is 6.42 Å². The van der Waals surface area contributed by atoms with Crippen LogP contribution in [0, 0.1) is 0 Å². The second kappa shape index (κ2) is 3.51. The summed E-state index contributed by atoms with van der Waals surface area (Å²) in [5.74, 6) is 0.612. The van der Waals surface area contributed by atoms with Gasteiger partial charge in [-0.3, -0.25) is 0 Å². The van der Waals surface area contributed by atoms with Crippen molar-refractivity contribution in [2.45, 2.75) is 31.8 Å². The molecule has 0 aromatic heterocycles. The van der Waals surface area contributed by atoms with Gasteiger partial charge in [0, 0.05) is 13.0 Å². The van der Waals surface area contributed by atoms with Crippen molar-refractivity contribution in [2.75, 3.05) is 7.11 Å². The van der Waals surface area contributed by atoms with Crippen LogP contribution in [0.1, 0.15) is 30.4 Å². The zero-order valence-electron chi connectivity index (χ0n) is 8.29. The monoisotopic (exact) mass is 176 g/mol. The van der Waals surface area contributed by atoms with E-state index in [-0.39, 0.29) is 0 Å². The van der Waals surface area contributed by atoms with Crippen LogP contribution in [0.4, 0.5) is 0 Å². The highest BCUT2D eigenvalue weighted by atomic mass is 16.5. The third kappa shape index (κ3) is 1.37. The summed E-state index contributed by atoms with van der Waals surface area (Å²) in [5.41, 5.74) is 2.97. The third-order valence-corrected chi connectivity index (χ3v) is 3.07. The van der Waals surface area contributed by atoms with Gasteiger partial charge in [-0.2, -0.15) is 0 Å². The summed E-state index contributed by atoms with van der Waals surface area (Å²) in [6.45, 7) is 2.23. The van der Waals surface area contributed by atoms with Gasteiger partial charge in [0.2, 0.25) is 0 Å². The van der Waals surface area contributed by atoms with Crippen LogP contribution in [0.3, 0.4) is 0 Å². The van der Waals surface area contributed by atoms with E-state index < -0.39 is 0 Å². The lowest BCUT2D eigenvalue weighted by Gasteiger charge is -2.16. The van der Waals surface area contributed by atoms with Crippen LogP contribution >= 0.6 is 0 Å². The van der Waals surface area contributed by atoms with Crippen molar-refractivity contribution in [2.24, 2.45) is 0 Å². The van der Waals surface area contributed by atoms with Gasteiger partial charge in [0.05, 0.1) is 6.10 Å². The molecule has 1 aliphatic rings. The summed E-state index contributed by atoms with van der Waals surface area (Å²) in [5, 5.41) is 0. The maximum atomic E-state index is 5.50. The first kappa shape index (κ1) is 8.76. The molecule has 0 N–H and O–H groups in total. The summed E-state index contributed by atoms with van der Waals surface area (Å²) < 4.78 is 5.50. The van der Waals surface area contributed by atoms with Crippen molar-refractivity contribution in [1.82, 2.24) is 0 Å². The van der Waals surface area contributed by atoms with Gasteiger partial charge in [0.15, 0.2) is 0 Å². The molecule has 0 saturated carbocycles. The highest BCUT2D eigenvalue weighted by Gasteiger charge is 2.30. The van der Waals surface area contributed by atoms with E-state index in [9.17, 15) is 0 Å². The van der Waals surface area contributed by atoms with Crippen LogP contribution in [-0.2, 0) is 11.2 Å². The predicted molar refractivity (Wildman–Crippen MR) is 54.0 cm³/mol. The standard InChI is InChI=1S/C12H16O/c1-3-10-11-7-5-4-6-9(11)8-12(10)13-2/h4-7,10,12H,3,8H2,1-2H3. The Kier molecular flexibility index (Phi) is 2.36. The molecule has 1 aromatic rings. The molecule has 0 bridgehead atoms. The number of rotatable bonds is 2. The molecule has 70 valence electrons. The highest BCUT2D eigenvalue weighted by molar-refractivity contribution is 5.36. The molecule has 0 radical (unpaired) electrons. The van der Waals surface area contributed by atoms with Crippen LogP contribution in [-0.4, -0.2) is 13.2 Å². The Balaban J connectivity index is 2.34. The smallest absolute Gasteiger partial charge is 0.0680 e. The Morgan fingerprint density at radius 1 is 1.38 bits per heavy atom. The molecule has 0 heterocycles. The molecule has 0 saturated heterocycles. The summed E-state index contributed by atoms with van der Waals surface area (Å²) in [6, 6.07) is 8.70. The zero-order valence-corrected chi connectivity index (χ0v) is 8.29. The number of ether oxygens (including phenoxy) is 1. The van der Waals surface area contributed by atoms with E-state index >= 15 is 0 Å². The quantitative estimate of drug-likeness (QED) is 0.673. The van der Waals surface area contributed by atoms with Gasteiger partial charge in [0.1, 0.15) is 0 Å². The van der Waals surface area contributed by atoms with Gasteiger partial charge in [-0.05, 0) is 24.0 Å². The molecule has 0 fully saturated rings. The van der Waals surface area contributed by atoms with Gasteiger partial charge in [-0.25, -0.2) is 0 Å². The van der Waals surface area contributed by atoms with Crippen molar-refractivity contribution in [3.05, 3.63) is 35.4 Å². The van der Waals surface area contributed by atoms with Crippen LogP contribution in [0.15, 0.2) is 24.3 Å². The fraction of sp³-hybridized carbons (Fsp3) is 0.500. The van der Waals surface area contributed by atoms with Crippen molar-refractivity contribution >= 4 is 0 Å². The zero-order chi connectivity index (χ0) is 9.26. The molecule has 0 spiro atoms. The Bertz CT molecular complexity index is 293. The normalized spacial score (nSPS) is 26.0. The van der Waals surface area contributed by atoms with Gasteiger partial charge in [-0.1, -0.05) is 31.2 Å². The Labute approximate surface area is 79.7 Å². The summed E-state index contributed by atoms with van der Waals surface area (Å²) in [4.78, 5) is 0. The number of hydrogen-bond acceptors (Lipinski definition) is 1. The lowest BCUT2D eigenvalue weighted by molar-refractivity contribution is 0.0879. The average molecular weight is 176 g/mol. The lowest BCUT2D eigenvalue weighted by Crippen LogP contribution is -2.15. The first-order valence-electron chi connectivity index (χ1n) is 4.97. The van der Waals surface area contributed by atoms with E-state index in [1.165, 1.54) is 17.5 Å². The summed E-state index contributed by atoms with van der Waals surface area (Å²) >= 11 is 0. The van der Waals surface area contributed by atoms with Crippen LogP contribution in [0.2, 0.25) is 0 Å². The SMILES string of the molecule is CCC1c2ccccc2CC1OC. The molecule has 0 amide bonds. The molecule has 0 aliphatic heterocycles. The molecule has 2 atom stereocenters. The molecule has 1 nitrogen and oxygen atoms in total. The first-order valence-corrected chi connectivity index (χ1v) is 4.97. The minimum absolute atomic E-state index is 0.405. The molecule has 1 aromatic carbocycles. The molecular weight excluding hydrogens is 160 g/mol. The first-order chi connectivity index (χ1) is 6.36. The minimum atomic E-state index is 0.405. The molecule has 2 rings (SSSR count). The van der Waals surface area contributed by atoms with Gasteiger partial charge < -0.3 is 4.74 Å². The molecule has 1 aliphatic carbocycles. The Hall–Kier alpha value is -0.820. The lowest BCUT2D eigenvalue weighted by atomic mass is 9.97. The number of benzene rings is 1. The summed E-state index contributed by atoms with van der Waals surface area (Å²) in [7, 11) is 1.82. The maximum absolute atomic E-state index is 5.50. The largest absolute Gasteiger partial charge is 0.380 e. The second-order valence-electron chi connectivity index (χ2n) is 3.69. The van der Waals surface area contributed by atoms with E-state index in [1.807, 2.05) is 7.11 Å². The number of hydrogen-bond donors (Lipinski definition) is 0. The van der Waals surface area contributed by atoms with E-state index in [4.69, 9.17) is 4.74 Å². The topological polar surface area (TPSA) is 9.23 Å². The van der Waals surface area contributed by atoms with E-state index in [0.29, 0.717) is 12.0 Å². The van der Waals surface area contributed by atoms with Crippen molar-refractivity contribution in [3.63, 3.8) is 0 Å². The Morgan fingerprint density at radius 3 is 2.85 bits per heavy atom. The number of methoxy groups -OCH3 is 1. The van der Waals surface area contributed by atoms with Crippen LogP contribution in [0.25, 0.3) is 0 Å². The second-order valence-corrected chi connectivity index (χ2v) is 3.69. The van der Waals surface area contributed by atoms with E-state index in [2.05, 4.69) is 31.2 Å². The van der Waals surface area contributed by atoms with Crippen LogP contribution in [0.5, 0.6) is 0 Å². The fourth-order valence-electron chi connectivity index (χ4n) is 2.37. The molecule has 2 unspecified atom stereocenters. The van der Waals surface area contributed by atoms with Crippen molar-refractivity contribution in [3.8, 4) is 0 Å². The maximum Gasteiger partial charge on any atom is 0.0680 e. The van der Waals surface area contributed by atoms with Gasteiger partial charge in [-0.15, -0.1) is 0 Å². The minimum Gasteiger partial charge on any atom is -0.380 e. The van der Waals surface area contributed by atoms with Crippen molar-refractivity contribution in [1.29, 1.82) is 0 Å². The van der Waals surface area contributed by atoms with E-state index in [1.54, 1.807) is 0 Å². The average Bonchev–Trinajstić information content (AvgIpc) is 2.55. The fourth-order valence-corrected chi connectivity index (χ4v) is 2.37. The third-order valence-electron chi connectivity index (χ3n) is 3.07. The number of fused-ring (bicyclic) bond motifs is 1. The highest BCUT2D eigenvalue weighted by Crippen LogP contribution is 2.36. The molecule has 13 heavy (non-hydrogen) atoms. The van der Waals surface area contributed by atoms with Gasteiger partial charge in [0.25, 0.3) is 0 Å². The van der Waals surface area contributed by atoms with Gasteiger partial charge >= 0.3 is 0 Å². The summed E-state index contributed by atoms with van der Waals surface area (Å²) in [6.07, 6.45) is 2.67. The van der Waals surface area contributed by atoms with Crippen LogP contribution < -0.4 is 0 Å². The Morgan fingerprint density at radius 2 is 2.15 bits per heavy atom.